The average Bonchev–Trinajstić information content (AvgIpc) is 3.27. The molecule has 4 N–H and O–H groups in total. The molecule has 180 valence electrons. The highest BCUT2D eigenvalue weighted by molar-refractivity contribution is 5.63. The van der Waals surface area contributed by atoms with Crippen LogP contribution in [0.15, 0.2) is 36.6 Å². The van der Waals surface area contributed by atoms with Crippen molar-refractivity contribution in [2.75, 3.05) is 13.7 Å². The lowest BCUT2D eigenvalue weighted by atomic mass is 9.98. The van der Waals surface area contributed by atoms with Crippen LogP contribution in [0.2, 0.25) is 0 Å². The molecule has 0 atom stereocenters. The fraction of sp³-hybridized carbons (Fsp3) is 0.435. The van der Waals surface area contributed by atoms with Gasteiger partial charge < -0.3 is 20.2 Å². The first-order valence-electron chi connectivity index (χ1n) is 11.4. The van der Waals surface area contributed by atoms with Gasteiger partial charge in [0.1, 0.15) is 36.7 Å². The van der Waals surface area contributed by atoms with Gasteiger partial charge in [0, 0.05) is 13.1 Å². The van der Waals surface area contributed by atoms with Crippen molar-refractivity contribution < 1.29 is 9.47 Å². The van der Waals surface area contributed by atoms with Gasteiger partial charge in [-0.05, 0) is 51.7 Å². The Kier molecular flexibility index (Phi) is 7.21. The number of rotatable bonds is 8. The molecule has 11 heteroatoms. The Morgan fingerprint density at radius 2 is 1.97 bits per heavy atom. The lowest BCUT2D eigenvalue weighted by Crippen LogP contribution is -2.31. The molecule has 0 bridgehead atoms. The number of likely N-dealkylation sites (N-methyl/N-ethyl adjacent to an activating group) is 1. The van der Waals surface area contributed by atoms with Crippen LogP contribution in [0.1, 0.15) is 49.3 Å². The maximum Gasteiger partial charge on any atom is 0.218 e. The molecule has 0 spiro atoms. The summed E-state index contributed by atoms with van der Waals surface area (Å²) in [4.78, 5) is 13.1. The van der Waals surface area contributed by atoms with E-state index in [2.05, 4.69) is 25.1 Å². The molecule has 0 amide bonds. The maximum absolute atomic E-state index is 6.46. The van der Waals surface area contributed by atoms with Crippen LogP contribution in [0.3, 0.4) is 0 Å². The van der Waals surface area contributed by atoms with E-state index >= 15 is 0 Å². The molecule has 1 aliphatic rings. The van der Waals surface area contributed by atoms with Crippen molar-refractivity contribution in [2.24, 2.45) is 11.6 Å². The SMILES string of the molecule is Cc1nc(/C(N)=C(\COc2cc(-n3cnnc3C)ncn2)N(C)N)ccc1OC1CCCCC1. The number of hydrogen-bond donors (Lipinski definition) is 2. The summed E-state index contributed by atoms with van der Waals surface area (Å²) in [5, 5.41) is 9.27. The Morgan fingerprint density at radius 1 is 1.18 bits per heavy atom. The summed E-state index contributed by atoms with van der Waals surface area (Å²) < 4.78 is 13.8. The second kappa shape index (κ2) is 10.5. The van der Waals surface area contributed by atoms with Crippen molar-refractivity contribution in [2.45, 2.75) is 52.1 Å². The van der Waals surface area contributed by atoms with Crippen molar-refractivity contribution in [3.05, 3.63) is 53.8 Å². The third-order valence-electron chi connectivity index (χ3n) is 5.85. The molecule has 0 radical (unpaired) electrons. The van der Waals surface area contributed by atoms with E-state index in [1.807, 2.05) is 26.0 Å². The van der Waals surface area contributed by atoms with Crippen LogP contribution >= 0.6 is 0 Å². The first-order valence-corrected chi connectivity index (χ1v) is 11.4. The third kappa shape index (κ3) is 5.42. The zero-order valence-corrected chi connectivity index (χ0v) is 19.8. The number of hydrazine groups is 1. The van der Waals surface area contributed by atoms with Gasteiger partial charge in [-0.2, -0.15) is 0 Å². The lowest BCUT2D eigenvalue weighted by Gasteiger charge is -2.24. The molecule has 11 nitrogen and oxygen atoms in total. The van der Waals surface area contributed by atoms with Crippen LogP contribution in [-0.2, 0) is 0 Å². The van der Waals surface area contributed by atoms with E-state index in [1.165, 1.54) is 30.6 Å². The summed E-state index contributed by atoms with van der Waals surface area (Å²) >= 11 is 0. The van der Waals surface area contributed by atoms with E-state index in [9.17, 15) is 0 Å². The second-order valence-electron chi connectivity index (χ2n) is 8.38. The van der Waals surface area contributed by atoms with Crippen molar-refractivity contribution in [1.29, 1.82) is 0 Å². The van der Waals surface area contributed by atoms with Gasteiger partial charge in [-0.3, -0.25) is 4.57 Å². The highest BCUT2D eigenvalue weighted by atomic mass is 16.5. The van der Waals surface area contributed by atoms with Gasteiger partial charge in [0.05, 0.1) is 28.9 Å². The van der Waals surface area contributed by atoms with Crippen LogP contribution in [-0.4, -0.2) is 54.5 Å². The van der Waals surface area contributed by atoms with Crippen molar-refractivity contribution in [1.82, 2.24) is 34.7 Å². The summed E-state index contributed by atoms with van der Waals surface area (Å²) in [5.74, 6) is 8.52. The van der Waals surface area contributed by atoms with Gasteiger partial charge in [0.25, 0.3) is 0 Å². The van der Waals surface area contributed by atoms with E-state index in [4.69, 9.17) is 21.1 Å². The average molecular weight is 466 g/mol. The quantitative estimate of drug-likeness (QED) is 0.375. The molecule has 0 saturated heterocycles. The zero-order chi connectivity index (χ0) is 24.1. The fourth-order valence-corrected chi connectivity index (χ4v) is 3.90. The molecule has 0 unspecified atom stereocenters. The summed E-state index contributed by atoms with van der Waals surface area (Å²) in [5.41, 5.74) is 8.83. The normalized spacial score (nSPS) is 15.1. The molecule has 3 heterocycles. The van der Waals surface area contributed by atoms with Crippen molar-refractivity contribution in [3.8, 4) is 17.4 Å². The minimum atomic E-state index is 0.0947. The Labute approximate surface area is 198 Å². The molecular weight excluding hydrogens is 434 g/mol. The monoisotopic (exact) mass is 465 g/mol. The second-order valence-corrected chi connectivity index (χ2v) is 8.38. The van der Waals surface area contributed by atoms with Crippen molar-refractivity contribution in [3.63, 3.8) is 0 Å². The largest absolute Gasteiger partial charge is 0.489 e. The number of pyridine rings is 1. The lowest BCUT2D eigenvalue weighted by molar-refractivity contribution is 0.153. The van der Waals surface area contributed by atoms with Gasteiger partial charge in [-0.15, -0.1) is 10.2 Å². The first-order chi connectivity index (χ1) is 16.4. The number of hydrogen-bond acceptors (Lipinski definition) is 10. The van der Waals surface area contributed by atoms with Crippen LogP contribution < -0.4 is 21.1 Å². The number of aromatic nitrogens is 6. The Hall–Kier alpha value is -3.73. The summed E-state index contributed by atoms with van der Waals surface area (Å²) in [6.07, 6.45) is 9.13. The molecular formula is C23H31N9O2. The standard InChI is InChI=1S/C23H31N9O2/c1-15-20(34-17-7-5-4-6-8-17)10-9-18(29-15)23(24)19(31(3)25)12-33-22-11-21(26-13-27-22)32-14-28-30-16(32)2/h9-11,13-14,17H,4-8,12,24-25H2,1-3H3/b23-19-. The number of aryl methyl sites for hydroxylation is 2. The van der Waals surface area contributed by atoms with E-state index in [-0.39, 0.29) is 12.7 Å². The zero-order valence-electron chi connectivity index (χ0n) is 19.8. The topological polar surface area (TPSA) is 143 Å². The Balaban J connectivity index is 1.50. The predicted octanol–water partition coefficient (Wildman–Crippen LogP) is 2.29. The fourth-order valence-electron chi connectivity index (χ4n) is 3.90. The van der Waals surface area contributed by atoms with E-state index in [1.54, 1.807) is 24.0 Å². The molecule has 0 aliphatic heterocycles. The molecule has 1 saturated carbocycles. The van der Waals surface area contributed by atoms with Crippen LogP contribution in [0.25, 0.3) is 11.5 Å². The van der Waals surface area contributed by atoms with Crippen molar-refractivity contribution >= 4 is 5.70 Å². The highest BCUT2D eigenvalue weighted by Gasteiger charge is 2.18. The van der Waals surface area contributed by atoms with Gasteiger partial charge in [-0.1, -0.05) is 6.42 Å². The minimum Gasteiger partial charge on any atom is -0.489 e. The smallest absolute Gasteiger partial charge is 0.218 e. The molecule has 0 aromatic carbocycles. The van der Waals surface area contributed by atoms with E-state index < -0.39 is 0 Å². The summed E-state index contributed by atoms with van der Waals surface area (Å²) in [6.45, 7) is 3.85. The van der Waals surface area contributed by atoms with Crippen LogP contribution in [0.4, 0.5) is 0 Å². The summed E-state index contributed by atoms with van der Waals surface area (Å²) in [6, 6.07) is 5.47. The maximum atomic E-state index is 6.46. The first kappa shape index (κ1) is 23.4. The van der Waals surface area contributed by atoms with Gasteiger partial charge in [0.2, 0.25) is 5.88 Å². The molecule has 3 aromatic rings. The Morgan fingerprint density at radius 3 is 2.65 bits per heavy atom. The summed E-state index contributed by atoms with van der Waals surface area (Å²) in [7, 11) is 1.70. The molecule has 3 aromatic heterocycles. The molecule has 34 heavy (non-hydrogen) atoms. The van der Waals surface area contributed by atoms with Gasteiger partial charge >= 0.3 is 0 Å². The number of ether oxygens (including phenoxy) is 2. The molecule has 4 rings (SSSR count). The predicted molar refractivity (Wildman–Crippen MR) is 127 cm³/mol. The van der Waals surface area contributed by atoms with E-state index in [0.717, 1.165) is 24.3 Å². The molecule has 1 aliphatic carbocycles. The van der Waals surface area contributed by atoms with Gasteiger partial charge in [-0.25, -0.2) is 20.8 Å². The van der Waals surface area contributed by atoms with Crippen LogP contribution in [0, 0.1) is 13.8 Å². The van der Waals surface area contributed by atoms with Gasteiger partial charge in [0.15, 0.2) is 0 Å². The number of nitrogens with zero attached hydrogens (tertiary/aromatic N) is 7. The van der Waals surface area contributed by atoms with Crippen LogP contribution in [0.5, 0.6) is 11.6 Å². The Bertz CT molecular complexity index is 1150. The number of nitrogens with two attached hydrogens (primary N) is 2. The highest BCUT2D eigenvalue weighted by Crippen LogP contribution is 2.26. The van der Waals surface area contributed by atoms with E-state index in [0.29, 0.717) is 34.6 Å². The minimum absolute atomic E-state index is 0.0947. The molecule has 1 fully saturated rings. The third-order valence-corrected chi connectivity index (χ3v) is 5.85.